The molecule has 0 aromatic heterocycles. The van der Waals surface area contributed by atoms with Crippen molar-refractivity contribution in [3.05, 3.63) is 48.0 Å². The van der Waals surface area contributed by atoms with Crippen LogP contribution in [-0.2, 0) is 9.84 Å². The summed E-state index contributed by atoms with van der Waals surface area (Å²) in [6, 6.07) is 10.3. The van der Waals surface area contributed by atoms with E-state index in [1.807, 2.05) is 0 Å². The number of carboxylic acid groups (broad SMARTS) is 1. The third-order valence-corrected chi connectivity index (χ3v) is 6.68. The van der Waals surface area contributed by atoms with Crippen LogP contribution >= 0.6 is 0 Å². The second-order valence-corrected chi connectivity index (χ2v) is 8.43. The first-order valence-corrected chi connectivity index (χ1v) is 9.67. The van der Waals surface area contributed by atoms with Crippen LogP contribution < -0.4 is 4.74 Å². The normalized spacial score (nSPS) is 21.6. The van der Waals surface area contributed by atoms with E-state index in [4.69, 9.17) is 9.84 Å². The maximum absolute atomic E-state index is 12.8. The summed E-state index contributed by atoms with van der Waals surface area (Å²) in [5.41, 5.74) is 0.912. The van der Waals surface area contributed by atoms with E-state index in [1.54, 1.807) is 6.07 Å². The smallest absolute Gasteiger partial charge is 0.407 e. The van der Waals surface area contributed by atoms with E-state index in [0.717, 1.165) is 5.56 Å². The van der Waals surface area contributed by atoms with Crippen molar-refractivity contribution in [2.75, 3.05) is 13.1 Å². The van der Waals surface area contributed by atoms with Crippen molar-refractivity contribution in [2.24, 2.45) is 0 Å². The highest BCUT2D eigenvalue weighted by molar-refractivity contribution is 7.91. The van der Waals surface area contributed by atoms with Gasteiger partial charge in [-0.05, 0) is 36.8 Å². The van der Waals surface area contributed by atoms with E-state index in [0.29, 0.717) is 18.7 Å². The van der Waals surface area contributed by atoms with Crippen LogP contribution in [0.15, 0.2) is 52.3 Å². The van der Waals surface area contributed by atoms with Gasteiger partial charge in [0.05, 0.1) is 16.3 Å². The largest absolute Gasteiger partial charge is 0.508 e. The minimum Gasteiger partial charge on any atom is -0.508 e. The van der Waals surface area contributed by atoms with E-state index in [-0.39, 0.29) is 34.1 Å². The van der Waals surface area contributed by atoms with Crippen molar-refractivity contribution in [3.8, 4) is 11.5 Å². The number of carbonyl (C=O) groups is 1. The molecule has 1 saturated heterocycles. The van der Waals surface area contributed by atoms with Gasteiger partial charge in [0, 0.05) is 18.0 Å². The fourth-order valence-electron chi connectivity index (χ4n) is 3.61. The number of benzene rings is 2. The second-order valence-electron chi connectivity index (χ2n) is 6.48. The van der Waals surface area contributed by atoms with Gasteiger partial charge in [0.2, 0.25) is 9.84 Å². The molecule has 2 atom stereocenters. The number of amides is 1. The topological polar surface area (TPSA) is 104 Å². The number of hydrogen-bond acceptors (Lipinski definition) is 5. The Hall–Kier alpha value is -2.74. The van der Waals surface area contributed by atoms with Crippen molar-refractivity contribution in [3.63, 3.8) is 0 Å². The molecule has 2 aliphatic heterocycles. The van der Waals surface area contributed by atoms with Gasteiger partial charge in [-0.15, -0.1) is 0 Å². The number of likely N-dealkylation sites (tertiary alicyclic amines) is 1. The molecule has 136 valence electrons. The summed E-state index contributed by atoms with van der Waals surface area (Å²) in [4.78, 5) is 12.6. The fraction of sp³-hybridized carbons (Fsp3) is 0.278. The van der Waals surface area contributed by atoms with Gasteiger partial charge in [0.15, 0.2) is 0 Å². The molecule has 1 amide bonds. The molecule has 8 heteroatoms. The quantitative estimate of drug-likeness (QED) is 0.836. The molecule has 2 heterocycles. The van der Waals surface area contributed by atoms with Crippen molar-refractivity contribution in [1.82, 2.24) is 4.90 Å². The number of aromatic hydroxyl groups is 1. The summed E-state index contributed by atoms with van der Waals surface area (Å²) in [5, 5.41) is 18.7. The van der Waals surface area contributed by atoms with Crippen molar-refractivity contribution in [1.29, 1.82) is 0 Å². The minimum atomic E-state index is -3.78. The molecule has 7 nitrogen and oxygen atoms in total. The van der Waals surface area contributed by atoms with Crippen LogP contribution in [0.5, 0.6) is 11.5 Å². The SMILES string of the molecule is O=C(O)N1CCC2c3ccc(S(=O)(=O)c4cccc(O)c4)cc3OC2C1. The van der Waals surface area contributed by atoms with E-state index in [1.165, 1.54) is 41.3 Å². The van der Waals surface area contributed by atoms with Crippen molar-refractivity contribution in [2.45, 2.75) is 28.2 Å². The lowest BCUT2D eigenvalue weighted by Gasteiger charge is -2.32. The third-order valence-electron chi connectivity index (χ3n) is 4.93. The highest BCUT2D eigenvalue weighted by Crippen LogP contribution is 2.44. The summed E-state index contributed by atoms with van der Waals surface area (Å²) < 4.78 is 31.4. The van der Waals surface area contributed by atoms with E-state index >= 15 is 0 Å². The Balaban J connectivity index is 1.66. The van der Waals surface area contributed by atoms with Gasteiger partial charge >= 0.3 is 6.09 Å². The summed E-state index contributed by atoms with van der Waals surface area (Å²) >= 11 is 0. The van der Waals surface area contributed by atoms with E-state index in [2.05, 4.69) is 0 Å². The molecule has 4 rings (SSSR count). The number of nitrogens with zero attached hydrogens (tertiary/aromatic N) is 1. The second kappa shape index (κ2) is 5.91. The molecule has 1 fully saturated rings. The van der Waals surface area contributed by atoms with Gasteiger partial charge in [0.25, 0.3) is 0 Å². The molecular formula is C18H17NO6S. The molecule has 0 bridgehead atoms. The predicted octanol–water partition coefficient (Wildman–Crippen LogP) is 2.45. The van der Waals surface area contributed by atoms with Crippen LogP contribution in [0.4, 0.5) is 4.79 Å². The van der Waals surface area contributed by atoms with Crippen LogP contribution in [0, 0.1) is 0 Å². The Morgan fingerprint density at radius 3 is 2.65 bits per heavy atom. The molecule has 2 aromatic rings. The Bertz CT molecular complexity index is 987. The van der Waals surface area contributed by atoms with Crippen molar-refractivity contribution >= 4 is 15.9 Å². The van der Waals surface area contributed by atoms with Crippen LogP contribution in [0.2, 0.25) is 0 Å². The molecule has 0 aliphatic carbocycles. The Morgan fingerprint density at radius 1 is 1.15 bits per heavy atom. The van der Waals surface area contributed by atoms with Gasteiger partial charge in [-0.3, -0.25) is 0 Å². The Labute approximate surface area is 150 Å². The summed E-state index contributed by atoms with van der Waals surface area (Å²) in [6.45, 7) is 0.700. The van der Waals surface area contributed by atoms with Crippen LogP contribution in [0.3, 0.4) is 0 Å². The zero-order chi connectivity index (χ0) is 18.5. The number of phenols is 1. The first-order valence-electron chi connectivity index (χ1n) is 8.19. The number of rotatable bonds is 2. The number of fused-ring (bicyclic) bond motifs is 3. The first-order chi connectivity index (χ1) is 12.4. The molecule has 26 heavy (non-hydrogen) atoms. The van der Waals surface area contributed by atoms with E-state index in [9.17, 15) is 18.3 Å². The number of phenolic OH excluding ortho intramolecular Hbond substituents is 1. The van der Waals surface area contributed by atoms with Crippen LogP contribution in [0.1, 0.15) is 17.9 Å². The average molecular weight is 375 g/mol. The predicted molar refractivity (Wildman–Crippen MR) is 91.4 cm³/mol. The maximum atomic E-state index is 12.8. The van der Waals surface area contributed by atoms with Crippen molar-refractivity contribution < 1.29 is 28.2 Å². The minimum absolute atomic E-state index is 0.00455. The number of sulfone groups is 1. The summed E-state index contributed by atoms with van der Waals surface area (Å²) in [5.74, 6) is 0.426. The van der Waals surface area contributed by atoms with Gasteiger partial charge < -0.3 is 19.8 Å². The maximum Gasteiger partial charge on any atom is 0.407 e. The molecule has 0 radical (unpaired) electrons. The number of ether oxygens (including phenoxy) is 1. The summed E-state index contributed by atoms with van der Waals surface area (Å²) in [7, 11) is -3.78. The Kier molecular flexibility index (Phi) is 3.80. The van der Waals surface area contributed by atoms with Gasteiger partial charge in [-0.1, -0.05) is 12.1 Å². The zero-order valence-electron chi connectivity index (χ0n) is 13.7. The number of piperidine rings is 1. The van der Waals surface area contributed by atoms with E-state index < -0.39 is 15.9 Å². The molecule has 0 saturated carbocycles. The zero-order valence-corrected chi connectivity index (χ0v) is 14.5. The molecule has 2 aliphatic rings. The van der Waals surface area contributed by atoms with Gasteiger partial charge in [-0.25, -0.2) is 13.2 Å². The van der Waals surface area contributed by atoms with Gasteiger partial charge in [0.1, 0.15) is 17.6 Å². The molecular weight excluding hydrogens is 358 g/mol. The third kappa shape index (κ3) is 2.66. The molecule has 2 N–H and O–H groups in total. The first kappa shape index (κ1) is 16.7. The molecule has 2 unspecified atom stereocenters. The average Bonchev–Trinajstić information content (AvgIpc) is 2.98. The van der Waals surface area contributed by atoms with Gasteiger partial charge in [-0.2, -0.15) is 0 Å². The standard InChI is InChI=1S/C18H17NO6S/c20-11-2-1-3-12(8-11)26(23,24)13-4-5-14-15-6-7-19(18(21)22)10-17(15)25-16(14)9-13/h1-5,8-9,15,17,20H,6-7,10H2,(H,21,22). The van der Waals surface area contributed by atoms with Crippen LogP contribution in [-0.4, -0.2) is 48.8 Å². The highest BCUT2D eigenvalue weighted by atomic mass is 32.2. The summed E-state index contributed by atoms with van der Waals surface area (Å²) in [6.07, 6.45) is -0.633. The monoisotopic (exact) mass is 375 g/mol. The highest BCUT2D eigenvalue weighted by Gasteiger charge is 2.40. The number of hydrogen-bond donors (Lipinski definition) is 2. The molecule has 2 aromatic carbocycles. The Morgan fingerprint density at radius 2 is 1.92 bits per heavy atom. The lowest BCUT2D eigenvalue weighted by molar-refractivity contribution is 0.0812. The lowest BCUT2D eigenvalue weighted by Crippen LogP contribution is -2.45. The van der Waals surface area contributed by atoms with Crippen LogP contribution in [0.25, 0.3) is 0 Å². The molecule has 0 spiro atoms. The fourth-order valence-corrected chi connectivity index (χ4v) is 4.92. The lowest BCUT2D eigenvalue weighted by atomic mass is 9.89.